The zero-order chi connectivity index (χ0) is 32.1. The van der Waals surface area contributed by atoms with E-state index in [-0.39, 0.29) is 11.0 Å². The highest BCUT2D eigenvalue weighted by atomic mass is 32.1. The lowest BCUT2D eigenvalue weighted by Gasteiger charge is -2.27. The minimum absolute atomic E-state index is 0.0319. The maximum Gasteiger partial charge on any atom is 0.263 e. The number of thiophene rings is 1. The molecule has 0 N–H and O–H groups in total. The third-order valence-corrected chi connectivity index (χ3v) is 11.6. The van der Waals surface area contributed by atoms with Crippen molar-refractivity contribution < 1.29 is 0 Å². The van der Waals surface area contributed by atoms with Crippen LogP contribution in [0.1, 0.15) is 25.0 Å². The predicted molar refractivity (Wildman–Crippen MR) is 203 cm³/mol. The Bertz CT molecular complexity index is 2770. The van der Waals surface area contributed by atoms with E-state index < -0.39 is 0 Å². The second-order valence-electron chi connectivity index (χ2n) is 13.3. The lowest BCUT2D eigenvalue weighted by Crippen LogP contribution is -2.16. The monoisotopic (exact) mass is 634 g/mol. The van der Waals surface area contributed by atoms with Gasteiger partial charge in [0, 0.05) is 38.3 Å². The first-order valence-corrected chi connectivity index (χ1v) is 17.2. The maximum atomic E-state index is 14.1. The molecule has 228 valence electrons. The number of hydrogen-bond donors (Lipinski definition) is 0. The molecule has 0 unspecified atom stereocenters. The lowest BCUT2D eigenvalue weighted by atomic mass is 9.82. The Labute approximate surface area is 281 Å². The number of fused-ring (bicyclic) bond motifs is 8. The molecule has 0 saturated heterocycles. The summed E-state index contributed by atoms with van der Waals surface area (Å²) in [7, 11) is 0. The molecular weight excluding hydrogens is 605 g/mol. The summed E-state index contributed by atoms with van der Waals surface area (Å²) >= 11 is 1.78. The van der Waals surface area contributed by atoms with Crippen LogP contribution < -0.4 is 10.5 Å². The Morgan fingerprint density at radius 1 is 0.583 bits per heavy atom. The van der Waals surface area contributed by atoms with Gasteiger partial charge in [-0.05, 0) is 69.8 Å². The molecule has 4 heteroatoms. The maximum absolute atomic E-state index is 14.1. The Morgan fingerprint density at radius 3 is 2.02 bits per heavy atom. The molecule has 0 bridgehead atoms. The fourth-order valence-electron chi connectivity index (χ4n) is 8.05. The van der Waals surface area contributed by atoms with Gasteiger partial charge in [0.15, 0.2) is 0 Å². The molecule has 48 heavy (non-hydrogen) atoms. The van der Waals surface area contributed by atoms with Crippen molar-refractivity contribution in [2.45, 2.75) is 19.3 Å². The van der Waals surface area contributed by atoms with E-state index in [1.165, 1.54) is 33.4 Å². The van der Waals surface area contributed by atoms with E-state index in [2.05, 4.69) is 140 Å². The quantitative estimate of drug-likeness (QED) is 0.192. The van der Waals surface area contributed by atoms with Gasteiger partial charge in [-0.25, -0.2) is 0 Å². The fourth-order valence-corrected chi connectivity index (χ4v) is 9.44. The van der Waals surface area contributed by atoms with E-state index in [1.54, 1.807) is 11.3 Å². The Hall–Kier alpha value is -5.71. The second-order valence-corrected chi connectivity index (χ2v) is 14.3. The summed E-state index contributed by atoms with van der Waals surface area (Å²) in [5, 5.41) is 5.07. The summed E-state index contributed by atoms with van der Waals surface area (Å²) in [5.74, 6) is 0. The van der Waals surface area contributed by atoms with E-state index >= 15 is 0 Å². The van der Waals surface area contributed by atoms with Gasteiger partial charge in [-0.1, -0.05) is 123 Å². The van der Waals surface area contributed by atoms with Gasteiger partial charge in [-0.3, -0.25) is 9.20 Å². The first-order valence-electron chi connectivity index (χ1n) is 16.4. The van der Waals surface area contributed by atoms with Crippen molar-refractivity contribution in [3.05, 3.63) is 167 Å². The van der Waals surface area contributed by atoms with Gasteiger partial charge in [0.05, 0.1) is 15.7 Å². The normalized spacial score (nSPS) is 13.5. The standard InChI is InChI=1S/C44H30N2OS/c1-44(2)36-18-10-8-14-31(36)32-25-24-30(26-37(32)44)45(29-22-20-28(21-23-29)27-12-4-3-5-13-27)43-39-35-17-9-11-19-38(35)46-40(39)41(48-43)33-15-6-7-16-34(33)42(46)47/h3-26H,1-2H3. The number of pyridine rings is 1. The summed E-state index contributed by atoms with van der Waals surface area (Å²) in [6.45, 7) is 4.67. The van der Waals surface area contributed by atoms with Crippen LogP contribution in [-0.2, 0) is 5.41 Å². The lowest BCUT2D eigenvalue weighted by molar-refractivity contribution is 0.660. The summed E-state index contributed by atoms with van der Waals surface area (Å²) < 4.78 is 3.08. The number of aromatic nitrogens is 1. The van der Waals surface area contributed by atoms with E-state index in [0.717, 1.165) is 53.7 Å². The SMILES string of the molecule is CC1(C)c2ccccc2-c2ccc(N(c3ccc(-c4ccccc4)cc3)c3sc4c5ccccc5c(=O)n5c6ccccc6c3c45)cc21. The number of para-hydroxylation sites is 1. The van der Waals surface area contributed by atoms with E-state index in [4.69, 9.17) is 0 Å². The molecule has 3 heterocycles. The largest absolute Gasteiger partial charge is 0.301 e. The summed E-state index contributed by atoms with van der Waals surface area (Å²) in [5.41, 5.74) is 11.7. The molecular formula is C44H30N2OS. The van der Waals surface area contributed by atoms with E-state index in [0.29, 0.717) is 0 Å². The molecule has 0 spiro atoms. The fraction of sp³-hybridized carbons (Fsp3) is 0.0682. The second kappa shape index (κ2) is 9.90. The van der Waals surface area contributed by atoms with Crippen LogP contribution in [0.2, 0.25) is 0 Å². The van der Waals surface area contributed by atoms with Crippen molar-refractivity contribution in [1.82, 2.24) is 4.40 Å². The first kappa shape index (κ1) is 27.4. The van der Waals surface area contributed by atoms with E-state index in [9.17, 15) is 4.79 Å². The third-order valence-electron chi connectivity index (χ3n) is 10.4. The van der Waals surface area contributed by atoms with Crippen molar-refractivity contribution in [3.8, 4) is 22.3 Å². The van der Waals surface area contributed by atoms with Gasteiger partial charge >= 0.3 is 0 Å². The highest BCUT2D eigenvalue weighted by molar-refractivity contribution is 7.25. The average Bonchev–Trinajstić information content (AvgIpc) is 3.76. The predicted octanol–water partition coefficient (Wildman–Crippen LogP) is 11.7. The van der Waals surface area contributed by atoms with Crippen molar-refractivity contribution in [1.29, 1.82) is 0 Å². The minimum Gasteiger partial charge on any atom is -0.301 e. The smallest absolute Gasteiger partial charge is 0.263 e. The number of rotatable bonds is 4. The van der Waals surface area contributed by atoms with Gasteiger partial charge in [0.1, 0.15) is 5.00 Å². The van der Waals surface area contributed by atoms with Crippen LogP contribution in [-0.4, -0.2) is 4.40 Å². The number of nitrogens with zero attached hydrogens (tertiary/aromatic N) is 2. The molecule has 0 amide bonds. The molecule has 9 aromatic rings. The summed E-state index contributed by atoms with van der Waals surface area (Å²) in [6.07, 6.45) is 0. The van der Waals surface area contributed by atoms with Gasteiger partial charge in [0.2, 0.25) is 0 Å². The van der Waals surface area contributed by atoms with Crippen LogP contribution in [0.4, 0.5) is 16.4 Å². The number of anilines is 3. The molecule has 6 aromatic carbocycles. The molecule has 0 atom stereocenters. The highest BCUT2D eigenvalue weighted by Crippen LogP contribution is 2.54. The molecule has 3 aromatic heterocycles. The van der Waals surface area contributed by atoms with Crippen molar-refractivity contribution in [2.24, 2.45) is 0 Å². The molecule has 0 radical (unpaired) electrons. The zero-order valence-electron chi connectivity index (χ0n) is 26.6. The molecule has 1 aliphatic rings. The zero-order valence-corrected chi connectivity index (χ0v) is 27.4. The first-order chi connectivity index (χ1) is 23.5. The van der Waals surface area contributed by atoms with Crippen LogP contribution >= 0.6 is 11.3 Å². The summed E-state index contributed by atoms with van der Waals surface area (Å²) in [4.78, 5) is 16.5. The highest BCUT2D eigenvalue weighted by Gasteiger charge is 2.36. The van der Waals surface area contributed by atoms with Crippen LogP contribution in [0.15, 0.2) is 150 Å². The van der Waals surface area contributed by atoms with Crippen molar-refractivity contribution >= 4 is 65.0 Å². The van der Waals surface area contributed by atoms with Crippen LogP contribution in [0.3, 0.4) is 0 Å². The number of benzene rings is 6. The number of hydrogen-bond acceptors (Lipinski definition) is 3. The molecule has 3 nitrogen and oxygen atoms in total. The molecule has 1 aliphatic carbocycles. The molecule has 0 aliphatic heterocycles. The van der Waals surface area contributed by atoms with Gasteiger partial charge < -0.3 is 4.90 Å². The average molecular weight is 635 g/mol. The molecule has 0 fully saturated rings. The molecule has 10 rings (SSSR count). The Balaban J connectivity index is 1.29. The summed E-state index contributed by atoms with van der Waals surface area (Å²) in [6, 6.07) is 51.6. The van der Waals surface area contributed by atoms with Crippen molar-refractivity contribution in [2.75, 3.05) is 4.90 Å². The topological polar surface area (TPSA) is 24.7 Å². The van der Waals surface area contributed by atoms with Crippen molar-refractivity contribution in [3.63, 3.8) is 0 Å². The Morgan fingerprint density at radius 2 is 1.21 bits per heavy atom. The van der Waals surface area contributed by atoms with Gasteiger partial charge in [0.25, 0.3) is 5.56 Å². The molecule has 0 saturated carbocycles. The van der Waals surface area contributed by atoms with E-state index in [1.807, 2.05) is 28.7 Å². The van der Waals surface area contributed by atoms with Gasteiger partial charge in [-0.2, -0.15) is 0 Å². The van der Waals surface area contributed by atoms with Crippen LogP contribution in [0, 0.1) is 0 Å². The van der Waals surface area contributed by atoms with Crippen LogP contribution in [0.25, 0.3) is 59.5 Å². The third kappa shape index (κ3) is 3.66. The van der Waals surface area contributed by atoms with Crippen LogP contribution in [0.5, 0.6) is 0 Å². The van der Waals surface area contributed by atoms with Gasteiger partial charge in [-0.15, -0.1) is 11.3 Å². The Kier molecular flexibility index (Phi) is 5.65. The minimum atomic E-state index is -0.134.